The van der Waals surface area contributed by atoms with Crippen LogP contribution in [0.1, 0.15) is 25.1 Å². The molecule has 1 aromatic carbocycles. The van der Waals surface area contributed by atoms with Crippen molar-refractivity contribution in [2.45, 2.75) is 32.9 Å². The summed E-state index contributed by atoms with van der Waals surface area (Å²) in [5.41, 5.74) is 2.99. The minimum atomic E-state index is 0.102. The van der Waals surface area contributed by atoms with Crippen molar-refractivity contribution in [3.63, 3.8) is 0 Å². The van der Waals surface area contributed by atoms with Crippen molar-refractivity contribution in [3.05, 3.63) is 71.5 Å². The fourth-order valence-corrected chi connectivity index (χ4v) is 3.44. The Morgan fingerprint density at radius 3 is 2.52 bits per heavy atom. The highest BCUT2D eigenvalue weighted by molar-refractivity contribution is 7.13. The number of carbonyl (C=O) groups is 1. The van der Waals surface area contributed by atoms with Crippen molar-refractivity contribution in [2.75, 3.05) is 0 Å². The van der Waals surface area contributed by atoms with Crippen LogP contribution in [0.5, 0.6) is 0 Å². The van der Waals surface area contributed by atoms with Crippen LogP contribution in [-0.4, -0.2) is 26.8 Å². The number of amides is 1. The lowest BCUT2D eigenvalue weighted by molar-refractivity contribution is -0.132. The van der Waals surface area contributed by atoms with Crippen LogP contribution in [0.3, 0.4) is 0 Å². The predicted octanol–water partition coefficient (Wildman–Crippen LogP) is 4.18. The maximum atomic E-state index is 12.8. The quantitative estimate of drug-likeness (QED) is 0.669. The largest absolute Gasteiger partial charge is 0.336 e. The third kappa shape index (κ3) is 4.51. The van der Waals surface area contributed by atoms with Crippen LogP contribution in [0.25, 0.3) is 10.6 Å². The van der Waals surface area contributed by atoms with Gasteiger partial charge in [0.25, 0.3) is 0 Å². The monoisotopic (exact) mass is 351 g/mol. The van der Waals surface area contributed by atoms with E-state index >= 15 is 0 Å². The van der Waals surface area contributed by atoms with Gasteiger partial charge in [-0.1, -0.05) is 30.3 Å². The normalized spacial score (nSPS) is 10.8. The van der Waals surface area contributed by atoms with Gasteiger partial charge in [0.1, 0.15) is 5.01 Å². The number of carbonyl (C=O) groups excluding carboxylic acids is 1. The van der Waals surface area contributed by atoms with E-state index in [0.29, 0.717) is 13.0 Å². The first-order valence-electron chi connectivity index (χ1n) is 8.31. The fraction of sp³-hybridized carbons (Fsp3) is 0.250. The number of pyridine rings is 1. The van der Waals surface area contributed by atoms with Gasteiger partial charge in [0.2, 0.25) is 5.91 Å². The molecule has 0 saturated carbocycles. The van der Waals surface area contributed by atoms with Crippen molar-refractivity contribution in [1.82, 2.24) is 14.9 Å². The Morgan fingerprint density at radius 2 is 1.84 bits per heavy atom. The second-order valence-corrected chi connectivity index (χ2v) is 7.02. The molecule has 0 atom stereocenters. The Kier molecular flexibility index (Phi) is 5.56. The van der Waals surface area contributed by atoms with Gasteiger partial charge in [-0.25, -0.2) is 4.98 Å². The smallest absolute Gasteiger partial charge is 0.229 e. The minimum absolute atomic E-state index is 0.102. The molecule has 1 amide bonds. The molecule has 0 aliphatic rings. The van der Waals surface area contributed by atoms with E-state index in [2.05, 4.69) is 9.97 Å². The molecular weight excluding hydrogens is 330 g/mol. The highest BCUT2D eigenvalue weighted by atomic mass is 32.1. The van der Waals surface area contributed by atoms with Crippen LogP contribution in [-0.2, 0) is 17.8 Å². The minimum Gasteiger partial charge on any atom is -0.336 e. The van der Waals surface area contributed by atoms with Gasteiger partial charge in [-0.3, -0.25) is 9.78 Å². The van der Waals surface area contributed by atoms with Gasteiger partial charge in [0.15, 0.2) is 0 Å². The summed E-state index contributed by atoms with van der Waals surface area (Å²) >= 11 is 1.56. The van der Waals surface area contributed by atoms with Crippen LogP contribution in [0.15, 0.2) is 60.2 Å². The number of benzene rings is 1. The average molecular weight is 351 g/mol. The molecule has 3 aromatic rings. The lowest BCUT2D eigenvalue weighted by Crippen LogP contribution is -2.37. The van der Waals surface area contributed by atoms with E-state index in [4.69, 9.17) is 0 Å². The molecule has 4 nitrogen and oxygen atoms in total. The zero-order valence-electron chi connectivity index (χ0n) is 14.4. The highest BCUT2D eigenvalue weighted by Gasteiger charge is 2.19. The van der Waals surface area contributed by atoms with E-state index in [1.54, 1.807) is 23.7 Å². The van der Waals surface area contributed by atoms with E-state index in [1.807, 2.05) is 66.6 Å². The van der Waals surface area contributed by atoms with Gasteiger partial charge in [-0.2, -0.15) is 0 Å². The Morgan fingerprint density at radius 1 is 1.12 bits per heavy atom. The second kappa shape index (κ2) is 8.03. The summed E-state index contributed by atoms with van der Waals surface area (Å²) in [6.45, 7) is 4.72. The van der Waals surface area contributed by atoms with Gasteiger partial charge >= 0.3 is 0 Å². The number of rotatable bonds is 6. The summed E-state index contributed by atoms with van der Waals surface area (Å²) in [7, 11) is 0. The fourth-order valence-electron chi connectivity index (χ4n) is 2.61. The van der Waals surface area contributed by atoms with Gasteiger partial charge in [0.05, 0.1) is 12.1 Å². The van der Waals surface area contributed by atoms with Gasteiger partial charge in [0, 0.05) is 35.9 Å². The van der Waals surface area contributed by atoms with Crippen molar-refractivity contribution < 1.29 is 4.79 Å². The molecule has 2 aromatic heterocycles. The molecule has 0 saturated heterocycles. The molecule has 0 aliphatic heterocycles. The van der Waals surface area contributed by atoms with Crippen LogP contribution < -0.4 is 0 Å². The molecule has 0 unspecified atom stereocenters. The summed E-state index contributed by atoms with van der Waals surface area (Å²) < 4.78 is 0. The Hall–Kier alpha value is -2.53. The summed E-state index contributed by atoms with van der Waals surface area (Å²) in [6, 6.07) is 14.1. The molecule has 0 fully saturated rings. The number of thiazole rings is 1. The maximum Gasteiger partial charge on any atom is 0.229 e. The van der Waals surface area contributed by atoms with Gasteiger partial charge in [-0.05, 0) is 31.5 Å². The first kappa shape index (κ1) is 17.3. The lowest BCUT2D eigenvalue weighted by Gasteiger charge is -2.26. The third-order valence-corrected chi connectivity index (χ3v) is 4.89. The molecule has 128 valence electrons. The van der Waals surface area contributed by atoms with Crippen molar-refractivity contribution in [2.24, 2.45) is 0 Å². The Balaban J connectivity index is 1.70. The number of hydrogen-bond acceptors (Lipinski definition) is 4. The number of nitrogens with zero attached hydrogens (tertiary/aromatic N) is 3. The molecule has 25 heavy (non-hydrogen) atoms. The molecule has 3 rings (SSSR count). The molecule has 5 heteroatoms. The first-order chi connectivity index (χ1) is 12.1. The SMILES string of the molecule is CC(C)N(Cc1ccccc1)C(=O)Cc1csc(-c2ccncc2)n1. The number of hydrogen-bond donors (Lipinski definition) is 0. The average Bonchev–Trinajstić information content (AvgIpc) is 3.09. The molecule has 0 aliphatic carbocycles. The van der Waals surface area contributed by atoms with Crippen LogP contribution in [0, 0.1) is 0 Å². The molecular formula is C20H21N3OS. The van der Waals surface area contributed by atoms with Crippen LogP contribution >= 0.6 is 11.3 Å². The summed E-state index contributed by atoms with van der Waals surface area (Å²) in [4.78, 5) is 23.3. The standard InChI is InChI=1S/C20H21N3OS/c1-15(2)23(13-16-6-4-3-5-7-16)19(24)12-18-14-25-20(22-18)17-8-10-21-11-9-17/h3-11,14-15H,12-13H2,1-2H3. The zero-order valence-corrected chi connectivity index (χ0v) is 15.2. The van der Waals surface area contributed by atoms with Crippen molar-refractivity contribution in [1.29, 1.82) is 0 Å². The molecule has 2 heterocycles. The maximum absolute atomic E-state index is 12.8. The second-order valence-electron chi connectivity index (χ2n) is 6.16. The molecule has 0 bridgehead atoms. The molecule has 0 spiro atoms. The first-order valence-corrected chi connectivity index (χ1v) is 9.19. The van der Waals surface area contributed by atoms with Crippen LogP contribution in [0.4, 0.5) is 0 Å². The topological polar surface area (TPSA) is 46.1 Å². The summed E-state index contributed by atoms with van der Waals surface area (Å²) in [5, 5.41) is 2.89. The van der Waals surface area contributed by atoms with E-state index in [1.165, 1.54) is 0 Å². The van der Waals surface area contributed by atoms with Gasteiger partial charge < -0.3 is 4.90 Å². The summed E-state index contributed by atoms with van der Waals surface area (Å²) in [5.74, 6) is 0.102. The van der Waals surface area contributed by atoms with E-state index in [9.17, 15) is 4.79 Å². The lowest BCUT2D eigenvalue weighted by atomic mass is 10.1. The van der Waals surface area contributed by atoms with Crippen molar-refractivity contribution in [3.8, 4) is 10.6 Å². The van der Waals surface area contributed by atoms with Crippen LogP contribution in [0.2, 0.25) is 0 Å². The molecule has 0 radical (unpaired) electrons. The third-order valence-electron chi connectivity index (χ3n) is 3.95. The zero-order chi connectivity index (χ0) is 17.6. The summed E-state index contributed by atoms with van der Waals surface area (Å²) in [6.07, 6.45) is 3.83. The van der Waals surface area contributed by atoms with E-state index in [-0.39, 0.29) is 11.9 Å². The van der Waals surface area contributed by atoms with Crippen molar-refractivity contribution >= 4 is 17.2 Å². The highest BCUT2D eigenvalue weighted by Crippen LogP contribution is 2.23. The number of aromatic nitrogens is 2. The van der Waals surface area contributed by atoms with Gasteiger partial charge in [-0.15, -0.1) is 11.3 Å². The Bertz CT molecular complexity index is 815. The van der Waals surface area contributed by atoms with E-state index in [0.717, 1.165) is 21.8 Å². The Labute approximate surface area is 152 Å². The van der Waals surface area contributed by atoms with E-state index < -0.39 is 0 Å². The predicted molar refractivity (Wildman–Crippen MR) is 101 cm³/mol. The molecule has 0 N–H and O–H groups in total.